The van der Waals surface area contributed by atoms with Crippen molar-refractivity contribution < 1.29 is 13.2 Å². The van der Waals surface area contributed by atoms with E-state index in [1.54, 1.807) is 43.5 Å². The van der Waals surface area contributed by atoms with Gasteiger partial charge in [0.2, 0.25) is 0 Å². The number of ether oxygens (including phenoxy) is 1. The Hall–Kier alpha value is -1.56. The Balaban J connectivity index is 2.41. The van der Waals surface area contributed by atoms with Gasteiger partial charge in [-0.15, -0.1) is 0 Å². The predicted molar refractivity (Wildman–Crippen MR) is 83.4 cm³/mol. The molecule has 0 bridgehead atoms. The van der Waals surface area contributed by atoms with Crippen LogP contribution in [0, 0.1) is 0 Å². The third-order valence-electron chi connectivity index (χ3n) is 3.22. The molecule has 112 valence electrons. The van der Waals surface area contributed by atoms with Gasteiger partial charge in [-0.25, -0.2) is 8.42 Å². The summed E-state index contributed by atoms with van der Waals surface area (Å²) in [5.41, 5.74) is 6.32. The van der Waals surface area contributed by atoms with Crippen molar-refractivity contribution >= 4 is 21.4 Å². The average molecular weight is 326 g/mol. The van der Waals surface area contributed by atoms with Crippen molar-refractivity contribution in [1.82, 2.24) is 0 Å². The van der Waals surface area contributed by atoms with Gasteiger partial charge in [-0.1, -0.05) is 23.7 Å². The minimum atomic E-state index is -3.56. The summed E-state index contributed by atoms with van der Waals surface area (Å²) in [6.45, 7) is -0.00269. The van der Waals surface area contributed by atoms with Gasteiger partial charge in [-0.3, -0.25) is 0 Å². The average Bonchev–Trinajstić information content (AvgIpc) is 2.49. The molecule has 0 aliphatic carbocycles. The second-order valence-electron chi connectivity index (χ2n) is 4.50. The fourth-order valence-corrected chi connectivity index (χ4v) is 3.79. The Morgan fingerprint density at radius 3 is 2.14 bits per heavy atom. The molecule has 2 N–H and O–H groups in total. The number of halogens is 1. The molecule has 0 aliphatic rings. The number of methoxy groups -OCH3 is 1. The fraction of sp³-hybridized carbons (Fsp3) is 0.200. The number of hydrogen-bond donors (Lipinski definition) is 1. The molecule has 21 heavy (non-hydrogen) atoms. The van der Waals surface area contributed by atoms with Gasteiger partial charge in [-0.2, -0.15) is 0 Å². The van der Waals surface area contributed by atoms with Crippen molar-refractivity contribution in [3.63, 3.8) is 0 Å². The number of nitrogens with two attached hydrogens (primary N) is 1. The second-order valence-corrected chi connectivity index (χ2v) is 7.06. The molecule has 1 unspecified atom stereocenters. The second kappa shape index (κ2) is 6.47. The maximum atomic E-state index is 12.7. The summed E-state index contributed by atoms with van der Waals surface area (Å²) in [5, 5.41) is -0.313. The van der Waals surface area contributed by atoms with E-state index < -0.39 is 15.1 Å². The standard InChI is InChI=1S/C15H16ClNO3S/c1-20-13-6-2-11(3-7-13)15(10-17)21(18,19)14-8-4-12(16)5-9-14/h2-9,15H,10,17H2,1H3. The lowest BCUT2D eigenvalue weighted by molar-refractivity contribution is 0.414. The molecule has 0 aliphatic heterocycles. The maximum absolute atomic E-state index is 12.7. The van der Waals surface area contributed by atoms with E-state index in [0.29, 0.717) is 16.3 Å². The zero-order valence-corrected chi connectivity index (χ0v) is 13.1. The first-order valence-corrected chi connectivity index (χ1v) is 8.25. The lowest BCUT2D eigenvalue weighted by Crippen LogP contribution is -2.22. The van der Waals surface area contributed by atoms with Gasteiger partial charge in [0.05, 0.1) is 12.0 Å². The number of hydrogen-bond acceptors (Lipinski definition) is 4. The lowest BCUT2D eigenvalue weighted by atomic mass is 10.1. The van der Waals surface area contributed by atoms with Crippen LogP contribution in [0.25, 0.3) is 0 Å². The lowest BCUT2D eigenvalue weighted by Gasteiger charge is -2.16. The largest absolute Gasteiger partial charge is 0.497 e. The first-order chi connectivity index (χ1) is 9.98. The zero-order chi connectivity index (χ0) is 15.5. The minimum Gasteiger partial charge on any atom is -0.497 e. The highest BCUT2D eigenvalue weighted by Crippen LogP contribution is 2.29. The summed E-state index contributed by atoms with van der Waals surface area (Å²) in [6, 6.07) is 12.9. The van der Waals surface area contributed by atoms with E-state index in [1.165, 1.54) is 12.1 Å². The van der Waals surface area contributed by atoms with E-state index in [0.717, 1.165) is 0 Å². The van der Waals surface area contributed by atoms with E-state index in [1.807, 2.05) is 0 Å². The van der Waals surface area contributed by atoms with Crippen molar-refractivity contribution in [3.8, 4) is 5.75 Å². The van der Waals surface area contributed by atoms with Crippen LogP contribution < -0.4 is 10.5 Å². The normalized spacial score (nSPS) is 12.9. The van der Waals surface area contributed by atoms with Crippen LogP contribution >= 0.6 is 11.6 Å². The Morgan fingerprint density at radius 1 is 1.10 bits per heavy atom. The van der Waals surface area contributed by atoms with Crippen LogP contribution in [0.4, 0.5) is 0 Å². The van der Waals surface area contributed by atoms with Gasteiger partial charge in [0.15, 0.2) is 9.84 Å². The van der Waals surface area contributed by atoms with Crippen LogP contribution in [0.2, 0.25) is 5.02 Å². The van der Waals surface area contributed by atoms with Crippen LogP contribution in [-0.4, -0.2) is 22.1 Å². The molecule has 0 saturated heterocycles. The highest BCUT2D eigenvalue weighted by atomic mass is 35.5. The van der Waals surface area contributed by atoms with Crippen molar-refractivity contribution in [1.29, 1.82) is 0 Å². The summed E-state index contributed by atoms with van der Waals surface area (Å²) >= 11 is 5.79. The van der Waals surface area contributed by atoms with Crippen LogP contribution in [0.5, 0.6) is 5.75 Å². The Kier molecular flexibility index (Phi) is 4.88. The number of rotatable bonds is 5. The first-order valence-electron chi connectivity index (χ1n) is 6.32. The molecule has 2 aromatic carbocycles. The molecule has 4 nitrogen and oxygen atoms in total. The maximum Gasteiger partial charge on any atom is 0.186 e. The minimum absolute atomic E-state index is 0.00269. The summed E-state index contributed by atoms with van der Waals surface area (Å²) in [5.74, 6) is 0.665. The van der Waals surface area contributed by atoms with Gasteiger partial charge in [-0.05, 0) is 42.0 Å². The van der Waals surface area contributed by atoms with Crippen LogP contribution in [0.3, 0.4) is 0 Å². The molecule has 2 rings (SSSR count). The van der Waals surface area contributed by atoms with E-state index in [9.17, 15) is 8.42 Å². The summed E-state index contributed by atoms with van der Waals surface area (Å²) in [7, 11) is -2.01. The molecule has 0 heterocycles. The molecule has 2 aromatic rings. The van der Waals surface area contributed by atoms with Crippen LogP contribution in [0.15, 0.2) is 53.4 Å². The SMILES string of the molecule is COc1ccc(C(CN)S(=O)(=O)c2ccc(Cl)cc2)cc1. The zero-order valence-electron chi connectivity index (χ0n) is 11.5. The third-order valence-corrected chi connectivity index (χ3v) is 5.61. The summed E-state index contributed by atoms with van der Waals surface area (Å²) in [4.78, 5) is 0.207. The smallest absolute Gasteiger partial charge is 0.186 e. The van der Waals surface area contributed by atoms with Crippen molar-refractivity contribution in [2.45, 2.75) is 10.1 Å². The monoisotopic (exact) mass is 325 g/mol. The molecular weight excluding hydrogens is 310 g/mol. The van der Waals surface area contributed by atoms with Crippen molar-refractivity contribution in [3.05, 3.63) is 59.1 Å². The molecule has 0 aromatic heterocycles. The first kappa shape index (κ1) is 15.8. The molecular formula is C15H16ClNO3S. The molecule has 0 fully saturated rings. The molecule has 0 amide bonds. The molecule has 0 spiro atoms. The van der Waals surface area contributed by atoms with E-state index >= 15 is 0 Å². The van der Waals surface area contributed by atoms with Crippen molar-refractivity contribution in [2.24, 2.45) is 5.73 Å². The number of sulfone groups is 1. The highest BCUT2D eigenvalue weighted by Gasteiger charge is 2.27. The Morgan fingerprint density at radius 2 is 1.67 bits per heavy atom. The van der Waals surface area contributed by atoms with Gasteiger partial charge < -0.3 is 10.5 Å². The number of benzene rings is 2. The van der Waals surface area contributed by atoms with Crippen LogP contribution in [-0.2, 0) is 9.84 Å². The highest BCUT2D eigenvalue weighted by molar-refractivity contribution is 7.91. The predicted octanol–water partition coefficient (Wildman–Crippen LogP) is 2.82. The Bertz CT molecular complexity index is 697. The van der Waals surface area contributed by atoms with Crippen LogP contribution in [0.1, 0.15) is 10.8 Å². The van der Waals surface area contributed by atoms with E-state index in [-0.39, 0.29) is 11.4 Å². The van der Waals surface area contributed by atoms with Crippen molar-refractivity contribution in [2.75, 3.05) is 13.7 Å². The quantitative estimate of drug-likeness (QED) is 0.917. The Labute approximate surface area is 129 Å². The van der Waals surface area contributed by atoms with Gasteiger partial charge in [0.25, 0.3) is 0 Å². The molecule has 0 saturated carbocycles. The molecule has 0 radical (unpaired) electrons. The van der Waals surface area contributed by atoms with Gasteiger partial charge in [0.1, 0.15) is 11.0 Å². The fourth-order valence-electron chi connectivity index (χ4n) is 2.05. The third kappa shape index (κ3) is 3.37. The topological polar surface area (TPSA) is 69.4 Å². The molecule has 6 heteroatoms. The van der Waals surface area contributed by atoms with E-state index in [4.69, 9.17) is 22.1 Å². The van der Waals surface area contributed by atoms with Gasteiger partial charge in [0, 0.05) is 11.6 Å². The van der Waals surface area contributed by atoms with Gasteiger partial charge >= 0.3 is 0 Å². The summed E-state index contributed by atoms with van der Waals surface area (Å²) < 4.78 is 30.4. The van der Waals surface area contributed by atoms with E-state index in [2.05, 4.69) is 0 Å². The molecule has 1 atom stereocenters. The summed E-state index contributed by atoms with van der Waals surface area (Å²) in [6.07, 6.45) is 0.